The summed E-state index contributed by atoms with van der Waals surface area (Å²) in [6.07, 6.45) is 5.79. The summed E-state index contributed by atoms with van der Waals surface area (Å²) < 4.78 is 13.1. The molecule has 3 aliphatic rings. The Morgan fingerprint density at radius 3 is 2.94 bits per heavy atom. The smallest absolute Gasteiger partial charge is 0.322 e. The normalized spacial score (nSPS) is 19.5. The Morgan fingerprint density at radius 2 is 2.20 bits per heavy atom. The van der Waals surface area contributed by atoms with Gasteiger partial charge in [0.05, 0.1) is 47.1 Å². The molecule has 2 aliphatic heterocycles. The Balaban J connectivity index is 1.30. The average molecular weight is 481 g/mol. The molecule has 1 spiro atoms. The minimum atomic E-state index is -0.137. The molecular formula is C24H32N8O3. The van der Waals surface area contributed by atoms with Crippen molar-refractivity contribution >= 4 is 28.4 Å². The Bertz CT molecular complexity index is 1240. The van der Waals surface area contributed by atoms with E-state index in [0.717, 1.165) is 49.2 Å². The SMILES string of the molecule is COC1CN(c2nn(CC(C)C)c3cc(-c4n[nH]cc4NC(=O)N4CCOCC45CC5)ncc23)C1. The predicted molar refractivity (Wildman–Crippen MR) is 131 cm³/mol. The number of carbonyl (C=O) groups excluding carboxylic acids is 1. The number of hydrogen-bond acceptors (Lipinski definition) is 7. The molecule has 3 fully saturated rings. The van der Waals surface area contributed by atoms with Gasteiger partial charge in [0.2, 0.25) is 0 Å². The van der Waals surface area contributed by atoms with Crippen LogP contribution in [0.2, 0.25) is 0 Å². The maximum atomic E-state index is 13.1. The van der Waals surface area contributed by atoms with Crippen LogP contribution in [0.15, 0.2) is 18.5 Å². The number of fused-ring (bicyclic) bond motifs is 1. The summed E-state index contributed by atoms with van der Waals surface area (Å²) in [5.74, 6) is 1.37. The minimum absolute atomic E-state index is 0.118. The number of carbonyl (C=O) groups is 1. The van der Waals surface area contributed by atoms with Crippen molar-refractivity contribution in [2.75, 3.05) is 50.2 Å². The molecule has 0 radical (unpaired) electrons. The Morgan fingerprint density at radius 1 is 1.37 bits per heavy atom. The number of H-pyrrole nitrogens is 1. The number of nitrogens with zero attached hydrogens (tertiary/aromatic N) is 6. The number of anilines is 2. The van der Waals surface area contributed by atoms with E-state index in [9.17, 15) is 4.79 Å². The number of nitrogens with one attached hydrogen (secondary N) is 2. The van der Waals surface area contributed by atoms with E-state index in [0.29, 0.717) is 42.8 Å². The Kier molecular flexibility index (Phi) is 5.41. The van der Waals surface area contributed by atoms with Crippen molar-refractivity contribution in [2.24, 2.45) is 5.92 Å². The highest BCUT2D eigenvalue weighted by atomic mass is 16.5. The van der Waals surface area contributed by atoms with Crippen LogP contribution in [0.4, 0.5) is 16.3 Å². The third-order valence-corrected chi connectivity index (χ3v) is 7.23. The summed E-state index contributed by atoms with van der Waals surface area (Å²) in [6.45, 7) is 8.58. The van der Waals surface area contributed by atoms with Crippen LogP contribution in [-0.4, -0.2) is 87.5 Å². The van der Waals surface area contributed by atoms with Gasteiger partial charge in [-0.05, 0) is 24.8 Å². The zero-order chi connectivity index (χ0) is 24.2. The van der Waals surface area contributed by atoms with Gasteiger partial charge in [0.1, 0.15) is 5.69 Å². The molecule has 1 saturated carbocycles. The second-order valence-corrected chi connectivity index (χ2v) is 10.3. The van der Waals surface area contributed by atoms with Crippen LogP contribution in [0.1, 0.15) is 26.7 Å². The lowest BCUT2D eigenvalue weighted by atomic mass is 10.1. The second-order valence-electron chi connectivity index (χ2n) is 10.3. The lowest BCUT2D eigenvalue weighted by Gasteiger charge is -2.38. The van der Waals surface area contributed by atoms with Crippen molar-refractivity contribution in [3.63, 3.8) is 0 Å². The lowest BCUT2D eigenvalue weighted by molar-refractivity contribution is 0.00404. The monoisotopic (exact) mass is 480 g/mol. The molecular weight excluding hydrogens is 448 g/mol. The largest absolute Gasteiger partial charge is 0.378 e. The number of morpholine rings is 1. The molecule has 1 aliphatic carbocycles. The van der Waals surface area contributed by atoms with Crippen molar-refractivity contribution in [2.45, 2.75) is 44.9 Å². The third kappa shape index (κ3) is 3.92. The molecule has 5 heterocycles. The van der Waals surface area contributed by atoms with Gasteiger partial charge in [0.15, 0.2) is 5.82 Å². The molecule has 6 rings (SSSR count). The number of methoxy groups -OCH3 is 1. The summed E-state index contributed by atoms with van der Waals surface area (Å²) in [7, 11) is 1.75. The topological polar surface area (TPSA) is 113 Å². The molecule has 11 nitrogen and oxygen atoms in total. The highest BCUT2D eigenvalue weighted by Gasteiger charge is 2.52. The molecule has 35 heavy (non-hydrogen) atoms. The number of aromatic nitrogens is 5. The summed E-state index contributed by atoms with van der Waals surface area (Å²) >= 11 is 0. The fraction of sp³-hybridized carbons (Fsp3) is 0.583. The molecule has 2 amide bonds. The maximum absolute atomic E-state index is 13.1. The van der Waals surface area contributed by atoms with E-state index in [-0.39, 0.29) is 17.7 Å². The van der Waals surface area contributed by atoms with Gasteiger partial charge in [-0.1, -0.05) is 13.8 Å². The van der Waals surface area contributed by atoms with E-state index in [1.807, 2.05) is 17.2 Å². The van der Waals surface area contributed by atoms with Gasteiger partial charge in [-0.25, -0.2) is 4.79 Å². The van der Waals surface area contributed by atoms with E-state index in [2.05, 4.69) is 38.9 Å². The van der Waals surface area contributed by atoms with E-state index >= 15 is 0 Å². The first-order chi connectivity index (χ1) is 17.0. The average Bonchev–Trinajstić information content (AvgIpc) is 3.27. The zero-order valence-electron chi connectivity index (χ0n) is 20.5. The first-order valence-electron chi connectivity index (χ1n) is 12.3. The van der Waals surface area contributed by atoms with Crippen molar-refractivity contribution in [1.29, 1.82) is 0 Å². The van der Waals surface area contributed by atoms with Crippen LogP contribution in [-0.2, 0) is 16.0 Å². The molecule has 2 saturated heterocycles. The first kappa shape index (κ1) is 22.3. The number of rotatable bonds is 6. The van der Waals surface area contributed by atoms with Crippen molar-refractivity contribution in [3.8, 4) is 11.4 Å². The Labute approximate surface area is 203 Å². The van der Waals surface area contributed by atoms with Crippen LogP contribution >= 0.6 is 0 Å². The molecule has 11 heteroatoms. The van der Waals surface area contributed by atoms with Crippen molar-refractivity contribution in [1.82, 2.24) is 29.9 Å². The molecule has 0 unspecified atom stereocenters. The summed E-state index contributed by atoms with van der Waals surface area (Å²) in [6, 6.07) is 1.90. The van der Waals surface area contributed by atoms with E-state index in [4.69, 9.17) is 19.6 Å². The second kappa shape index (κ2) is 8.49. The molecule has 186 valence electrons. The van der Waals surface area contributed by atoms with Gasteiger partial charge in [0, 0.05) is 45.7 Å². The molecule has 3 aromatic heterocycles. The number of amides is 2. The van der Waals surface area contributed by atoms with Crippen LogP contribution in [0.25, 0.3) is 22.3 Å². The predicted octanol–water partition coefficient (Wildman–Crippen LogP) is 2.71. The third-order valence-electron chi connectivity index (χ3n) is 7.23. The molecule has 3 aromatic rings. The van der Waals surface area contributed by atoms with Crippen molar-refractivity contribution in [3.05, 3.63) is 18.5 Å². The van der Waals surface area contributed by atoms with Crippen LogP contribution < -0.4 is 10.2 Å². The van der Waals surface area contributed by atoms with Crippen LogP contribution in [0.5, 0.6) is 0 Å². The number of urea groups is 1. The Hall–Kier alpha value is -3.18. The number of ether oxygens (including phenoxy) is 2. The zero-order valence-corrected chi connectivity index (χ0v) is 20.5. The van der Waals surface area contributed by atoms with E-state index in [1.54, 1.807) is 13.3 Å². The summed E-state index contributed by atoms with van der Waals surface area (Å²) in [4.78, 5) is 22.0. The minimum Gasteiger partial charge on any atom is -0.378 e. The van der Waals surface area contributed by atoms with Gasteiger partial charge in [-0.15, -0.1) is 0 Å². The number of aromatic amines is 1. The fourth-order valence-electron chi connectivity index (χ4n) is 5.03. The quantitative estimate of drug-likeness (QED) is 0.558. The van der Waals surface area contributed by atoms with Crippen LogP contribution in [0.3, 0.4) is 0 Å². The van der Waals surface area contributed by atoms with E-state index < -0.39 is 0 Å². The van der Waals surface area contributed by atoms with Gasteiger partial charge in [0.25, 0.3) is 0 Å². The molecule has 2 N–H and O–H groups in total. The maximum Gasteiger partial charge on any atom is 0.322 e. The summed E-state index contributed by atoms with van der Waals surface area (Å²) in [5.41, 5.74) is 2.78. The van der Waals surface area contributed by atoms with Gasteiger partial charge in [-0.3, -0.25) is 14.8 Å². The standard InChI is InChI=1S/C24H32N8O3/c1-15(2)11-32-20-8-18(25-9-17(20)22(29-32)30-12-16(13-30)34-3)21-19(10-26-28-21)27-23(33)31-6-7-35-14-24(31)4-5-24/h8-10,15-16H,4-7,11-14H2,1-3H3,(H,26,28)(H,27,33). The highest BCUT2D eigenvalue weighted by Crippen LogP contribution is 2.44. The molecule has 0 atom stereocenters. The van der Waals surface area contributed by atoms with Crippen LogP contribution in [0, 0.1) is 5.92 Å². The highest BCUT2D eigenvalue weighted by molar-refractivity contribution is 5.96. The van der Waals surface area contributed by atoms with Gasteiger partial charge < -0.3 is 24.6 Å². The van der Waals surface area contributed by atoms with Gasteiger partial charge in [-0.2, -0.15) is 10.2 Å². The lowest BCUT2D eigenvalue weighted by Crippen LogP contribution is -2.52. The first-order valence-corrected chi connectivity index (χ1v) is 12.3. The fourth-order valence-corrected chi connectivity index (χ4v) is 5.03. The number of hydrogen-bond donors (Lipinski definition) is 2. The molecule has 0 bridgehead atoms. The summed E-state index contributed by atoms with van der Waals surface area (Å²) in [5, 5.41) is 16.3. The van der Waals surface area contributed by atoms with Crippen molar-refractivity contribution < 1.29 is 14.3 Å². The van der Waals surface area contributed by atoms with Gasteiger partial charge >= 0.3 is 6.03 Å². The van der Waals surface area contributed by atoms with E-state index in [1.165, 1.54) is 0 Å². The number of pyridine rings is 1. The molecule has 0 aromatic carbocycles.